The lowest BCUT2D eigenvalue weighted by Gasteiger charge is -2.36. The van der Waals surface area contributed by atoms with Gasteiger partial charge in [0.25, 0.3) is 0 Å². The normalized spacial score (nSPS) is 14.8. The summed E-state index contributed by atoms with van der Waals surface area (Å²) >= 11 is 5.90. The van der Waals surface area contributed by atoms with Gasteiger partial charge in [-0.05, 0) is 36.2 Å². The van der Waals surface area contributed by atoms with E-state index in [0.717, 1.165) is 17.7 Å². The number of halogens is 1. The van der Waals surface area contributed by atoms with Crippen LogP contribution in [0.2, 0.25) is 23.3 Å². The van der Waals surface area contributed by atoms with E-state index in [-0.39, 0.29) is 17.9 Å². The highest BCUT2D eigenvalue weighted by Crippen LogP contribution is 2.36. The van der Waals surface area contributed by atoms with Crippen LogP contribution in [-0.2, 0) is 26.9 Å². The van der Waals surface area contributed by atoms with Gasteiger partial charge in [0.2, 0.25) is 0 Å². The van der Waals surface area contributed by atoms with E-state index in [9.17, 15) is 4.79 Å². The first-order valence-corrected chi connectivity index (χ1v) is 12.7. The fraction of sp³-hybridized carbons (Fsp3) is 0.684. The topological polar surface area (TPSA) is 60.9 Å². The predicted octanol–water partition coefficient (Wildman–Crippen LogP) is 4.62. The van der Waals surface area contributed by atoms with Crippen molar-refractivity contribution in [2.75, 3.05) is 26.6 Å². The van der Waals surface area contributed by atoms with E-state index in [0.29, 0.717) is 37.9 Å². The molecule has 2 rings (SSSR count). The summed E-state index contributed by atoms with van der Waals surface area (Å²) < 4.78 is 16.7. The average Bonchev–Trinajstić information content (AvgIpc) is 2.59. The van der Waals surface area contributed by atoms with Gasteiger partial charge in [-0.2, -0.15) is 0 Å². The molecule has 1 amide bonds. The van der Waals surface area contributed by atoms with Crippen molar-refractivity contribution in [2.24, 2.45) is 0 Å². The van der Waals surface area contributed by atoms with Crippen molar-refractivity contribution in [3.05, 3.63) is 28.5 Å². The first-order chi connectivity index (χ1) is 12.6. The number of hydrogen-bond acceptors (Lipinski definition) is 5. The molecule has 0 bridgehead atoms. The van der Waals surface area contributed by atoms with Crippen LogP contribution in [0.15, 0.2) is 12.1 Å². The van der Waals surface area contributed by atoms with Gasteiger partial charge in [0.05, 0.1) is 13.2 Å². The van der Waals surface area contributed by atoms with Gasteiger partial charge in [0.15, 0.2) is 15.1 Å². The number of pyridine rings is 1. The molecule has 27 heavy (non-hydrogen) atoms. The van der Waals surface area contributed by atoms with Gasteiger partial charge in [-0.3, -0.25) is 0 Å². The molecule has 0 spiro atoms. The lowest BCUT2D eigenvalue weighted by Crippen LogP contribution is -2.41. The van der Waals surface area contributed by atoms with Gasteiger partial charge in [-0.15, -0.1) is 0 Å². The van der Waals surface area contributed by atoms with E-state index in [1.807, 2.05) is 6.07 Å². The van der Waals surface area contributed by atoms with E-state index >= 15 is 0 Å². The van der Waals surface area contributed by atoms with Crippen LogP contribution in [0, 0.1) is 0 Å². The third kappa shape index (κ3) is 6.45. The predicted molar refractivity (Wildman–Crippen MR) is 108 cm³/mol. The Morgan fingerprint density at radius 2 is 2.04 bits per heavy atom. The monoisotopic (exact) mass is 414 g/mol. The highest BCUT2D eigenvalue weighted by Gasteiger charge is 2.36. The summed E-state index contributed by atoms with van der Waals surface area (Å²) in [6.45, 7) is 13.3. The molecule has 0 N–H and O–H groups in total. The quantitative estimate of drug-likeness (QED) is 0.282. The first kappa shape index (κ1) is 22.1. The Morgan fingerprint density at radius 1 is 1.30 bits per heavy atom. The van der Waals surface area contributed by atoms with Crippen LogP contribution >= 0.6 is 11.6 Å². The molecule has 0 atom stereocenters. The standard InChI is InChI=1S/C19H31ClN2O4Si/c1-19(2,3)27(4,5)26-12-6-11-24-14-25-18(23)22-10-9-16-15(13-22)7-8-17(20)21-16/h7-8H,6,9-14H2,1-5H3. The highest BCUT2D eigenvalue weighted by molar-refractivity contribution is 6.74. The van der Waals surface area contributed by atoms with E-state index in [2.05, 4.69) is 38.8 Å². The zero-order chi connectivity index (χ0) is 20.1. The Hall–Kier alpha value is -1.15. The van der Waals surface area contributed by atoms with E-state index < -0.39 is 8.32 Å². The maximum absolute atomic E-state index is 12.2. The minimum atomic E-state index is -1.71. The number of ether oxygens (including phenoxy) is 2. The number of hydrogen-bond donors (Lipinski definition) is 0. The zero-order valence-electron chi connectivity index (χ0n) is 17.0. The Morgan fingerprint density at radius 3 is 2.74 bits per heavy atom. The number of carbonyl (C=O) groups is 1. The molecule has 0 unspecified atom stereocenters. The van der Waals surface area contributed by atoms with Crippen LogP contribution < -0.4 is 0 Å². The van der Waals surface area contributed by atoms with Crippen LogP contribution in [0.3, 0.4) is 0 Å². The number of carbonyl (C=O) groups excluding carboxylic acids is 1. The minimum absolute atomic E-state index is 0.0405. The second kappa shape index (κ2) is 9.36. The number of fused-ring (bicyclic) bond motifs is 1. The average molecular weight is 415 g/mol. The summed E-state index contributed by atoms with van der Waals surface area (Å²) in [4.78, 5) is 18.1. The fourth-order valence-electron chi connectivity index (χ4n) is 2.49. The van der Waals surface area contributed by atoms with Crippen molar-refractivity contribution < 1.29 is 18.7 Å². The Labute approximate surface area is 168 Å². The van der Waals surface area contributed by atoms with E-state index in [1.165, 1.54) is 0 Å². The summed E-state index contributed by atoms with van der Waals surface area (Å²) in [6.07, 6.45) is 1.10. The third-order valence-corrected chi connectivity index (χ3v) is 9.99. The van der Waals surface area contributed by atoms with Crippen LogP contribution in [0.25, 0.3) is 0 Å². The maximum atomic E-state index is 12.2. The van der Waals surface area contributed by atoms with Crippen LogP contribution in [-0.4, -0.2) is 50.8 Å². The summed E-state index contributed by atoms with van der Waals surface area (Å²) in [7, 11) is -1.71. The molecule has 2 heterocycles. The third-order valence-electron chi connectivity index (χ3n) is 5.24. The van der Waals surface area contributed by atoms with E-state index in [1.54, 1.807) is 11.0 Å². The number of nitrogens with zero attached hydrogens (tertiary/aromatic N) is 2. The smallest absolute Gasteiger partial charge is 0.412 e. The number of amides is 1. The summed E-state index contributed by atoms with van der Waals surface area (Å²) in [5.41, 5.74) is 1.95. The van der Waals surface area contributed by atoms with E-state index in [4.69, 9.17) is 25.5 Å². The second-order valence-corrected chi connectivity index (χ2v) is 13.5. The molecular formula is C19H31ClN2O4Si. The molecule has 1 aromatic rings. The Balaban J connectivity index is 1.61. The van der Waals surface area contributed by atoms with Crippen LogP contribution in [0.5, 0.6) is 0 Å². The molecule has 8 heteroatoms. The molecular weight excluding hydrogens is 384 g/mol. The second-order valence-electron chi connectivity index (χ2n) is 8.31. The Bertz CT molecular complexity index is 649. The van der Waals surface area contributed by atoms with Crippen molar-refractivity contribution in [3.8, 4) is 0 Å². The lowest BCUT2D eigenvalue weighted by atomic mass is 10.1. The maximum Gasteiger partial charge on any atom is 0.412 e. The van der Waals surface area contributed by atoms with Gasteiger partial charge in [-0.1, -0.05) is 38.4 Å². The van der Waals surface area contributed by atoms with Crippen molar-refractivity contribution in [1.82, 2.24) is 9.88 Å². The molecule has 0 saturated carbocycles. The molecule has 0 aromatic carbocycles. The van der Waals surface area contributed by atoms with Crippen molar-refractivity contribution in [3.63, 3.8) is 0 Å². The van der Waals surface area contributed by atoms with Gasteiger partial charge in [0.1, 0.15) is 5.15 Å². The highest BCUT2D eigenvalue weighted by atomic mass is 35.5. The SMILES string of the molecule is CC(C)(C)[Si](C)(C)OCCCOCOC(=O)N1CCc2nc(Cl)ccc2C1. The number of aromatic nitrogens is 1. The van der Waals surface area contributed by atoms with Crippen molar-refractivity contribution in [1.29, 1.82) is 0 Å². The van der Waals surface area contributed by atoms with Gasteiger partial charge in [-0.25, -0.2) is 9.78 Å². The molecule has 0 radical (unpaired) electrons. The largest absolute Gasteiger partial charge is 0.422 e. The summed E-state index contributed by atoms with van der Waals surface area (Å²) in [5.74, 6) is 0. The molecule has 6 nitrogen and oxygen atoms in total. The molecule has 0 aliphatic carbocycles. The van der Waals surface area contributed by atoms with Crippen molar-refractivity contribution in [2.45, 2.75) is 58.3 Å². The first-order valence-electron chi connectivity index (χ1n) is 9.38. The molecule has 0 fully saturated rings. The minimum Gasteiger partial charge on any atom is -0.422 e. The van der Waals surface area contributed by atoms with Gasteiger partial charge >= 0.3 is 6.09 Å². The molecule has 1 aromatic heterocycles. The molecule has 0 saturated heterocycles. The Kier molecular flexibility index (Phi) is 7.68. The summed E-state index contributed by atoms with van der Waals surface area (Å²) in [6, 6.07) is 3.65. The molecule has 1 aliphatic heterocycles. The fourth-order valence-corrected chi connectivity index (χ4v) is 3.75. The number of rotatable bonds is 7. The van der Waals surface area contributed by atoms with Crippen LogP contribution in [0.1, 0.15) is 38.4 Å². The summed E-state index contributed by atoms with van der Waals surface area (Å²) in [5, 5.41) is 0.688. The lowest BCUT2D eigenvalue weighted by molar-refractivity contribution is -0.0316. The molecule has 1 aliphatic rings. The van der Waals surface area contributed by atoms with Crippen molar-refractivity contribution >= 4 is 26.0 Å². The van der Waals surface area contributed by atoms with Gasteiger partial charge < -0.3 is 18.8 Å². The molecule has 152 valence electrons. The zero-order valence-corrected chi connectivity index (χ0v) is 18.8. The van der Waals surface area contributed by atoms with Gasteiger partial charge in [0, 0.05) is 25.3 Å². The van der Waals surface area contributed by atoms with Crippen LogP contribution in [0.4, 0.5) is 4.79 Å².